The van der Waals surface area contributed by atoms with Gasteiger partial charge in [-0.3, -0.25) is 14.4 Å². The van der Waals surface area contributed by atoms with Crippen LogP contribution in [0.5, 0.6) is 0 Å². The zero-order valence-electron chi connectivity index (χ0n) is 34.8. The SMILES string of the molecule is CC\C=C/C=C\C=C/CCCCCCCC(=O)OCC(COC(=O)CCCCCCCCCCCCC)OC(=O)CCCCCCC/C=C\CCCC. The van der Waals surface area contributed by atoms with Crippen LogP contribution >= 0.6 is 0 Å². The second kappa shape index (κ2) is 42.1. The first-order valence-corrected chi connectivity index (χ1v) is 22.2. The Balaban J connectivity index is 4.41. The fraction of sp³-hybridized carbons (Fsp3) is 0.766. The van der Waals surface area contributed by atoms with Gasteiger partial charge in [0.05, 0.1) is 0 Å². The maximum absolute atomic E-state index is 12.7. The Morgan fingerprint density at radius 1 is 0.396 bits per heavy atom. The summed E-state index contributed by atoms with van der Waals surface area (Å²) < 4.78 is 16.7. The van der Waals surface area contributed by atoms with Crippen LogP contribution in [0.15, 0.2) is 48.6 Å². The van der Waals surface area contributed by atoms with E-state index in [2.05, 4.69) is 69.4 Å². The van der Waals surface area contributed by atoms with Crippen molar-refractivity contribution in [3.63, 3.8) is 0 Å². The third kappa shape index (κ3) is 40.4. The number of carbonyl (C=O) groups is 3. The number of ether oxygens (including phenoxy) is 3. The summed E-state index contributed by atoms with van der Waals surface area (Å²) in [5.74, 6) is -0.916. The van der Waals surface area contributed by atoms with Crippen molar-refractivity contribution in [1.82, 2.24) is 0 Å². The Morgan fingerprint density at radius 3 is 1.25 bits per heavy atom. The quantitative estimate of drug-likeness (QED) is 0.0205. The van der Waals surface area contributed by atoms with Crippen LogP contribution in [-0.4, -0.2) is 37.2 Å². The summed E-state index contributed by atoms with van der Waals surface area (Å²) in [6.07, 6.45) is 48.0. The third-order valence-corrected chi connectivity index (χ3v) is 9.38. The van der Waals surface area contributed by atoms with E-state index < -0.39 is 6.10 Å². The lowest BCUT2D eigenvalue weighted by molar-refractivity contribution is -0.167. The summed E-state index contributed by atoms with van der Waals surface area (Å²) in [7, 11) is 0. The molecule has 0 aromatic rings. The first kappa shape index (κ1) is 50.4. The van der Waals surface area contributed by atoms with Gasteiger partial charge in [-0.05, 0) is 57.8 Å². The van der Waals surface area contributed by atoms with E-state index in [4.69, 9.17) is 14.2 Å². The molecule has 0 rings (SSSR count). The van der Waals surface area contributed by atoms with E-state index in [-0.39, 0.29) is 31.1 Å². The van der Waals surface area contributed by atoms with Gasteiger partial charge in [-0.1, -0.05) is 185 Å². The van der Waals surface area contributed by atoms with Crippen LogP contribution in [0, 0.1) is 0 Å². The highest BCUT2D eigenvalue weighted by Crippen LogP contribution is 2.14. The normalized spacial score (nSPS) is 12.4. The van der Waals surface area contributed by atoms with E-state index in [1.807, 2.05) is 0 Å². The Bertz CT molecular complexity index is 949. The van der Waals surface area contributed by atoms with Crippen LogP contribution in [0.3, 0.4) is 0 Å². The van der Waals surface area contributed by atoms with Gasteiger partial charge >= 0.3 is 17.9 Å². The van der Waals surface area contributed by atoms with Crippen molar-refractivity contribution in [2.24, 2.45) is 0 Å². The molecular weight excluding hydrogens is 661 g/mol. The van der Waals surface area contributed by atoms with Crippen LogP contribution in [0.4, 0.5) is 0 Å². The molecule has 0 N–H and O–H groups in total. The average Bonchev–Trinajstić information content (AvgIpc) is 3.15. The highest BCUT2D eigenvalue weighted by Gasteiger charge is 2.19. The summed E-state index contributed by atoms with van der Waals surface area (Å²) in [5, 5.41) is 0. The van der Waals surface area contributed by atoms with Gasteiger partial charge in [0.15, 0.2) is 6.10 Å². The first-order valence-electron chi connectivity index (χ1n) is 22.2. The molecule has 0 bridgehead atoms. The summed E-state index contributed by atoms with van der Waals surface area (Å²) in [5.41, 5.74) is 0. The molecular formula is C47H82O6. The molecule has 0 spiro atoms. The number of carbonyl (C=O) groups excluding carboxylic acids is 3. The maximum Gasteiger partial charge on any atom is 0.306 e. The molecule has 0 fully saturated rings. The van der Waals surface area contributed by atoms with Crippen LogP contribution < -0.4 is 0 Å². The Labute approximate surface area is 327 Å². The third-order valence-electron chi connectivity index (χ3n) is 9.38. The number of esters is 3. The number of rotatable bonds is 39. The molecule has 0 radical (unpaired) electrons. The van der Waals surface area contributed by atoms with E-state index in [0.29, 0.717) is 19.3 Å². The molecule has 1 unspecified atom stereocenters. The smallest absolute Gasteiger partial charge is 0.306 e. The standard InChI is InChI=1S/C47H82O6/c1-4-7-10-13-16-19-22-23-26-28-31-34-37-40-46(49)52-43-44(53-47(50)41-38-35-32-29-25-21-18-15-12-9-6-3)42-51-45(48)39-36-33-30-27-24-20-17-14-11-8-5-2/h7,10,13,15-16,18-19,22,44H,4-6,8-9,11-12,14,17,20-21,23-43H2,1-3H3/b10-7-,16-13-,18-15-,22-19-. The van der Waals surface area contributed by atoms with Crippen molar-refractivity contribution >= 4 is 17.9 Å². The molecule has 0 saturated carbocycles. The molecule has 0 heterocycles. The van der Waals surface area contributed by atoms with Gasteiger partial charge in [-0.25, -0.2) is 0 Å². The zero-order valence-corrected chi connectivity index (χ0v) is 34.8. The molecule has 0 aromatic heterocycles. The lowest BCUT2D eigenvalue weighted by atomic mass is 10.1. The molecule has 0 aliphatic rings. The first-order chi connectivity index (χ1) is 26.0. The van der Waals surface area contributed by atoms with Crippen LogP contribution in [0.1, 0.15) is 213 Å². The van der Waals surface area contributed by atoms with Crippen molar-refractivity contribution in [2.45, 2.75) is 219 Å². The largest absolute Gasteiger partial charge is 0.462 e. The summed E-state index contributed by atoms with van der Waals surface area (Å²) >= 11 is 0. The predicted molar refractivity (Wildman–Crippen MR) is 224 cm³/mol. The van der Waals surface area contributed by atoms with E-state index in [1.165, 1.54) is 77.0 Å². The Morgan fingerprint density at radius 2 is 0.774 bits per heavy atom. The van der Waals surface area contributed by atoms with Gasteiger partial charge in [0, 0.05) is 19.3 Å². The van der Waals surface area contributed by atoms with Gasteiger partial charge in [0.1, 0.15) is 13.2 Å². The second-order valence-corrected chi connectivity index (χ2v) is 14.6. The minimum atomic E-state index is -0.780. The van der Waals surface area contributed by atoms with Gasteiger partial charge in [-0.2, -0.15) is 0 Å². The van der Waals surface area contributed by atoms with E-state index in [0.717, 1.165) is 96.3 Å². The number of allylic oxidation sites excluding steroid dienone is 8. The van der Waals surface area contributed by atoms with Gasteiger partial charge in [0.2, 0.25) is 0 Å². The lowest BCUT2D eigenvalue weighted by Gasteiger charge is -2.18. The monoisotopic (exact) mass is 743 g/mol. The van der Waals surface area contributed by atoms with Crippen LogP contribution in [0.2, 0.25) is 0 Å². The molecule has 6 nitrogen and oxygen atoms in total. The molecule has 0 amide bonds. The average molecular weight is 743 g/mol. The minimum Gasteiger partial charge on any atom is -0.462 e. The van der Waals surface area contributed by atoms with E-state index in [9.17, 15) is 14.4 Å². The van der Waals surface area contributed by atoms with Gasteiger partial charge < -0.3 is 14.2 Å². The molecule has 53 heavy (non-hydrogen) atoms. The molecule has 6 heteroatoms. The van der Waals surface area contributed by atoms with Gasteiger partial charge in [-0.15, -0.1) is 0 Å². The van der Waals surface area contributed by atoms with Crippen molar-refractivity contribution in [1.29, 1.82) is 0 Å². The summed E-state index contributed by atoms with van der Waals surface area (Å²) in [4.78, 5) is 37.6. The predicted octanol–water partition coefficient (Wildman–Crippen LogP) is 14.0. The molecule has 1 atom stereocenters. The fourth-order valence-corrected chi connectivity index (χ4v) is 6.01. The van der Waals surface area contributed by atoms with Gasteiger partial charge in [0.25, 0.3) is 0 Å². The topological polar surface area (TPSA) is 78.9 Å². The minimum absolute atomic E-state index is 0.0820. The lowest BCUT2D eigenvalue weighted by Crippen LogP contribution is -2.30. The van der Waals surface area contributed by atoms with Crippen LogP contribution in [-0.2, 0) is 28.6 Å². The fourth-order valence-electron chi connectivity index (χ4n) is 6.01. The highest BCUT2D eigenvalue weighted by molar-refractivity contribution is 5.71. The van der Waals surface area contributed by atoms with Crippen LogP contribution in [0.25, 0.3) is 0 Å². The maximum atomic E-state index is 12.7. The van der Waals surface area contributed by atoms with E-state index in [1.54, 1.807) is 0 Å². The summed E-state index contributed by atoms with van der Waals surface area (Å²) in [6, 6.07) is 0. The Hall–Kier alpha value is -2.63. The zero-order chi connectivity index (χ0) is 38.7. The number of hydrogen-bond donors (Lipinski definition) is 0. The van der Waals surface area contributed by atoms with Crippen molar-refractivity contribution in [3.8, 4) is 0 Å². The second-order valence-electron chi connectivity index (χ2n) is 14.6. The molecule has 0 aliphatic heterocycles. The van der Waals surface area contributed by atoms with Crippen molar-refractivity contribution in [2.75, 3.05) is 13.2 Å². The molecule has 306 valence electrons. The number of hydrogen-bond acceptors (Lipinski definition) is 6. The van der Waals surface area contributed by atoms with Crippen molar-refractivity contribution in [3.05, 3.63) is 48.6 Å². The molecule has 0 aromatic carbocycles. The number of unbranched alkanes of at least 4 members (excludes halogenated alkanes) is 22. The molecule has 0 aliphatic carbocycles. The van der Waals surface area contributed by atoms with E-state index >= 15 is 0 Å². The molecule has 0 saturated heterocycles. The van der Waals surface area contributed by atoms with Crippen molar-refractivity contribution < 1.29 is 28.6 Å². The Kier molecular flexibility index (Phi) is 40.0. The highest BCUT2D eigenvalue weighted by atomic mass is 16.6. The summed E-state index contributed by atoms with van der Waals surface area (Å²) in [6.45, 7) is 6.42.